The molecule has 192 valence electrons. The number of aryl methyl sites for hydroxylation is 1. The van der Waals surface area contributed by atoms with Gasteiger partial charge >= 0.3 is 0 Å². The van der Waals surface area contributed by atoms with Crippen molar-refractivity contribution < 1.29 is 23.9 Å². The topological polar surface area (TPSA) is 97.2 Å². The Morgan fingerprint density at radius 3 is 2.23 bits per heavy atom. The van der Waals surface area contributed by atoms with E-state index >= 15 is 0 Å². The van der Waals surface area contributed by atoms with Gasteiger partial charge in [0.05, 0.1) is 13.2 Å². The van der Waals surface area contributed by atoms with Gasteiger partial charge in [0.25, 0.3) is 5.91 Å². The van der Waals surface area contributed by atoms with Gasteiger partial charge in [0, 0.05) is 88.7 Å². The number of ether oxygens (including phenoxy) is 2. The molecule has 5 heterocycles. The standard InChI is InChI=1S/C25H37N5O5/c1-17(2)22(31)30-11-6-20-19(16-30)21(26-27(20)3)24(33)28-9-4-18(5-10-28)23(32)29-12-7-25(8-13-29)34-14-15-35-25/h17-18H,4-16H2,1-3H3. The van der Waals surface area contributed by atoms with Gasteiger partial charge in [-0.25, -0.2) is 0 Å². The summed E-state index contributed by atoms with van der Waals surface area (Å²) in [5.74, 6) is -0.427. The molecule has 0 bridgehead atoms. The van der Waals surface area contributed by atoms with E-state index in [0.717, 1.165) is 24.1 Å². The summed E-state index contributed by atoms with van der Waals surface area (Å²) in [4.78, 5) is 44.7. The summed E-state index contributed by atoms with van der Waals surface area (Å²) in [6.07, 6.45) is 3.46. The molecule has 3 saturated heterocycles. The zero-order valence-electron chi connectivity index (χ0n) is 21.1. The Kier molecular flexibility index (Phi) is 6.61. The molecular formula is C25H37N5O5. The lowest BCUT2D eigenvalue weighted by atomic mass is 9.93. The lowest BCUT2D eigenvalue weighted by Gasteiger charge is -2.40. The van der Waals surface area contributed by atoms with E-state index in [0.29, 0.717) is 77.4 Å². The first-order valence-corrected chi connectivity index (χ1v) is 13.0. The Bertz CT molecular complexity index is 981. The molecule has 10 nitrogen and oxygen atoms in total. The average molecular weight is 488 g/mol. The fourth-order valence-corrected chi connectivity index (χ4v) is 5.91. The molecule has 1 spiro atoms. The van der Waals surface area contributed by atoms with Crippen molar-refractivity contribution in [1.82, 2.24) is 24.5 Å². The molecule has 4 aliphatic rings. The van der Waals surface area contributed by atoms with Crippen molar-refractivity contribution >= 4 is 17.7 Å². The first-order valence-electron chi connectivity index (χ1n) is 13.0. The Hall–Kier alpha value is -2.46. The van der Waals surface area contributed by atoms with Crippen LogP contribution in [0.3, 0.4) is 0 Å². The van der Waals surface area contributed by atoms with Gasteiger partial charge in [0.15, 0.2) is 11.5 Å². The maximum absolute atomic E-state index is 13.4. The largest absolute Gasteiger partial charge is 0.347 e. The Morgan fingerprint density at radius 2 is 1.60 bits per heavy atom. The summed E-state index contributed by atoms with van der Waals surface area (Å²) >= 11 is 0. The SMILES string of the molecule is CC(C)C(=O)N1CCc2c(c(C(=O)N3CCC(C(=O)N4CCC5(CC4)OCCO5)CC3)nn2C)C1. The number of piperidine rings is 2. The van der Waals surface area contributed by atoms with E-state index in [-0.39, 0.29) is 29.6 Å². The molecule has 0 N–H and O–H groups in total. The van der Waals surface area contributed by atoms with Crippen LogP contribution in [0.1, 0.15) is 61.3 Å². The molecule has 0 aliphatic carbocycles. The fraction of sp³-hybridized carbons (Fsp3) is 0.760. The van der Waals surface area contributed by atoms with Gasteiger partial charge in [-0.3, -0.25) is 19.1 Å². The molecule has 4 aliphatic heterocycles. The van der Waals surface area contributed by atoms with Crippen LogP contribution in [-0.4, -0.2) is 93.9 Å². The summed E-state index contributed by atoms with van der Waals surface area (Å²) in [6, 6.07) is 0. The molecule has 0 aromatic carbocycles. The summed E-state index contributed by atoms with van der Waals surface area (Å²) in [6.45, 7) is 8.54. The van der Waals surface area contributed by atoms with Crippen LogP contribution in [0, 0.1) is 11.8 Å². The van der Waals surface area contributed by atoms with Gasteiger partial charge in [-0.1, -0.05) is 13.8 Å². The number of carbonyl (C=O) groups excluding carboxylic acids is 3. The monoisotopic (exact) mass is 487 g/mol. The molecule has 1 aromatic heterocycles. The van der Waals surface area contributed by atoms with Gasteiger partial charge in [0.2, 0.25) is 11.8 Å². The van der Waals surface area contributed by atoms with E-state index in [1.165, 1.54) is 0 Å². The predicted octanol–water partition coefficient (Wildman–Crippen LogP) is 1.18. The quantitative estimate of drug-likeness (QED) is 0.635. The highest BCUT2D eigenvalue weighted by atomic mass is 16.7. The molecule has 0 saturated carbocycles. The maximum Gasteiger partial charge on any atom is 0.274 e. The molecule has 10 heteroatoms. The highest BCUT2D eigenvalue weighted by Gasteiger charge is 2.42. The normalized spacial score (nSPS) is 22.7. The summed E-state index contributed by atoms with van der Waals surface area (Å²) in [7, 11) is 1.87. The molecule has 5 rings (SSSR count). The van der Waals surface area contributed by atoms with Crippen molar-refractivity contribution in [2.45, 2.75) is 58.3 Å². The lowest BCUT2D eigenvalue weighted by molar-refractivity contribution is -0.188. The van der Waals surface area contributed by atoms with Gasteiger partial charge in [0.1, 0.15) is 0 Å². The molecule has 1 aromatic rings. The molecule has 35 heavy (non-hydrogen) atoms. The number of hydrogen-bond acceptors (Lipinski definition) is 6. The van der Waals surface area contributed by atoms with E-state index in [9.17, 15) is 14.4 Å². The highest BCUT2D eigenvalue weighted by Crippen LogP contribution is 2.33. The maximum atomic E-state index is 13.4. The van der Waals surface area contributed by atoms with Crippen LogP contribution >= 0.6 is 0 Å². The number of rotatable bonds is 3. The van der Waals surface area contributed by atoms with Crippen molar-refractivity contribution in [3.63, 3.8) is 0 Å². The number of carbonyl (C=O) groups is 3. The first kappa shape index (κ1) is 24.2. The van der Waals surface area contributed by atoms with Gasteiger partial charge in [-0.15, -0.1) is 0 Å². The third-order valence-corrected chi connectivity index (χ3v) is 8.03. The Balaban J connectivity index is 1.19. The number of fused-ring (bicyclic) bond motifs is 1. The molecule has 3 amide bonds. The van der Waals surface area contributed by atoms with E-state index in [2.05, 4.69) is 5.10 Å². The van der Waals surface area contributed by atoms with Crippen molar-refractivity contribution in [2.75, 3.05) is 45.9 Å². The van der Waals surface area contributed by atoms with Crippen LogP contribution in [0.15, 0.2) is 0 Å². The molecule has 0 atom stereocenters. The second-order valence-electron chi connectivity index (χ2n) is 10.6. The zero-order valence-corrected chi connectivity index (χ0v) is 21.1. The van der Waals surface area contributed by atoms with E-state index in [1.54, 1.807) is 4.68 Å². The smallest absolute Gasteiger partial charge is 0.274 e. The lowest BCUT2D eigenvalue weighted by Crippen LogP contribution is -2.50. The minimum absolute atomic E-state index is 0.0599. The summed E-state index contributed by atoms with van der Waals surface area (Å²) < 4.78 is 13.3. The van der Waals surface area contributed by atoms with Crippen LogP contribution in [-0.2, 0) is 39.1 Å². The first-order chi connectivity index (χ1) is 16.8. The molecular weight excluding hydrogens is 450 g/mol. The third-order valence-electron chi connectivity index (χ3n) is 8.03. The number of amides is 3. The van der Waals surface area contributed by atoms with Crippen LogP contribution in [0.25, 0.3) is 0 Å². The van der Waals surface area contributed by atoms with Crippen LogP contribution in [0.4, 0.5) is 0 Å². The summed E-state index contributed by atoms with van der Waals surface area (Å²) in [5.41, 5.74) is 2.35. The third kappa shape index (κ3) is 4.58. The summed E-state index contributed by atoms with van der Waals surface area (Å²) in [5, 5.41) is 4.56. The number of nitrogens with zero attached hydrogens (tertiary/aromatic N) is 5. The second-order valence-corrected chi connectivity index (χ2v) is 10.6. The van der Waals surface area contributed by atoms with E-state index in [1.807, 2.05) is 35.6 Å². The van der Waals surface area contributed by atoms with Crippen LogP contribution < -0.4 is 0 Å². The minimum atomic E-state index is -0.482. The molecule has 0 radical (unpaired) electrons. The van der Waals surface area contributed by atoms with Crippen LogP contribution in [0.5, 0.6) is 0 Å². The second kappa shape index (κ2) is 9.54. The minimum Gasteiger partial charge on any atom is -0.347 e. The number of hydrogen-bond donors (Lipinski definition) is 0. The number of likely N-dealkylation sites (tertiary alicyclic amines) is 2. The van der Waals surface area contributed by atoms with Crippen molar-refractivity contribution in [1.29, 1.82) is 0 Å². The fourth-order valence-electron chi connectivity index (χ4n) is 5.91. The predicted molar refractivity (Wildman–Crippen MR) is 126 cm³/mol. The number of aromatic nitrogens is 2. The van der Waals surface area contributed by atoms with Crippen molar-refractivity contribution in [3.8, 4) is 0 Å². The van der Waals surface area contributed by atoms with Crippen molar-refractivity contribution in [3.05, 3.63) is 17.0 Å². The van der Waals surface area contributed by atoms with Crippen LogP contribution in [0.2, 0.25) is 0 Å². The van der Waals surface area contributed by atoms with Crippen molar-refractivity contribution in [2.24, 2.45) is 18.9 Å². The zero-order chi connectivity index (χ0) is 24.7. The van der Waals surface area contributed by atoms with Gasteiger partial charge < -0.3 is 24.2 Å². The van der Waals surface area contributed by atoms with E-state index in [4.69, 9.17) is 9.47 Å². The average Bonchev–Trinajstić information content (AvgIpc) is 3.47. The van der Waals surface area contributed by atoms with Gasteiger partial charge in [-0.05, 0) is 12.8 Å². The Labute approximate surface area is 206 Å². The molecule has 3 fully saturated rings. The highest BCUT2D eigenvalue weighted by molar-refractivity contribution is 5.94. The Morgan fingerprint density at radius 1 is 0.943 bits per heavy atom. The van der Waals surface area contributed by atoms with E-state index < -0.39 is 5.79 Å². The molecule has 0 unspecified atom stereocenters. The van der Waals surface area contributed by atoms with Gasteiger partial charge in [-0.2, -0.15) is 5.10 Å².